The molecule has 0 aromatic carbocycles. The molecule has 2 heterocycles. The number of hydrogen-bond donors (Lipinski definition) is 0. The van der Waals surface area contributed by atoms with Crippen LogP contribution in [0.4, 0.5) is 10.6 Å². The maximum Gasteiger partial charge on any atom is 0.410 e. The Morgan fingerprint density at radius 3 is 2.80 bits per heavy atom. The lowest BCUT2D eigenvalue weighted by Gasteiger charge is -2.28. The molecule has 1 atom stereocenters. The number of pyridine rings is 1. The predicted octanol–water partition coefficient (Wildman–Crippen LogP) is 2.53. The molecule has 0 N–H and O–H groups in total. The van der Waals surface area contributed by atoms with Crippen molar-refractivity contribution in [3.63, 3.8) is 0 Å². The zero-order valence-corrected chi connectivity index (χ0v) is 12.7. The van der Waals surface area contributed by atoms with Gasteiger partial charge in [-0.15, -0.1) is 0 Å². The first kappa shape index (κ1) is 14.6. The fourth-order valence-corrected chi connectivity index (χ4v) is 2.29. The van der Waals surface area contributed by atoms with Gasteiger partial charge in [-0.1, -0.05) is 6.07 Å². The van der Waals surface area contributed by atoms with Crippen LogP contribution in [0.15, 0.2) is 24.4 Å². The van der Waals surface area contributed by atoms with Crippen molar-refractivity contribution in [1.82, 2.24) is 9.88 Å². The number of anilines is 1. The third-order valence-corrected chi connectivity index (χ3v) is 3.37. The Balaban J connectivity index is 1.94. The molecule has 5 heteroatoms. The molecule has 0 bridgehead atoms. The average molecular weight is 277 g/mol. The molecule has 110 valence electrons. The number of ether oxygens (including phenoxy) is 1. The highest BCUT2D eigenvalue weighted by molar-refractivity contribution is 5.68. The molecule has 1 amide bonds. The number of aromatic nitrogens is 1. The van der Waals surface area contributed by atoms with Crippen molar-refractivity contribution in [2.45, 2.75) is 38.8 Å². The summed E-state index contributed by atoms with van der Waals surface area (Å²) in [7, 11) is 1.81. The van der Waals surface area contributed by atoms with Gasteiger partial charge >= 0.3 is 6.09 Å². The molecular formula is C15H23N3O2. The molecule has 1 aliphatic rings. The van der Waals surface area contributed by atoms with E-state index in [1.54, 1.807) is 18.1 Å². The normalized spacial score (nSPS) is 19.0. The molecule has 1 fully saturated rings. The first-order valence-corrected chi connectivity index (χ1v) is 6.98. The van der Waals surface area contributed by atoms with Crippen molar-refractivity contribution in [2.75, 3.05) is 25.0 Å². The number of amides is 1. The molecule has 0 aliphatic carbocycles. The standard InChI is InChI=1S/C15H23N3O2/c1-15(2,3)20-14(19)17(4)12-8-10-18(11-12)13-7-5-6-9-16-13/h5-7,9,12H,8,10-11H2,1-4H3/t12-/m0/s1. The van der Waals surface area contributed by atoms with E-state index in [1.165, 1.54) is 0 Å². The molecule has 1 saturated heterocycles. The van der Waals surface area contributed by atoms with Gasteiger partial charge in [-0.2, -0.15) is 0 Å². The van der Waals surface area contributed by atoms with Gasteiger partial charge in [0.2, 0.25) is 0 Å². The molecule has 1 aromatic heterocycles. The van der Waals surface area contributed by atoms with Gasteiger partial charge in [0, 0.05) is 26.3 Å². The van der Waals surface area contributed by atoms with E-state index in [0.717, 1.165) is 25.3 Å². The summed E-state index contributed by atoms with van der Waals surface area (Å²) < 4.78 is 5.41. The Morgan fingerprint density at radius 2 is 2.20 bits per heavy atom. The van der Waals surface area contributed by atoms with Crippen LogP contribution in [0.25, 0.3) is 0 Å². The fraction of sp³-hybridized carbons (Fsp3) is 0.600. The number of carbonyl (C=O) groups excluding carboxylic acids is 1. The Bertz CT molecular complexity index is 456. The Kier molecular flexibility index (Phi) is 4.16. The molecule has 1 aromatic rings. The smallest absolute Gasteiger partial charge is 0.410 e. The van der Waals surface area contributed by atoms with E-state index in [1.807, 2.05) is 39.0 Å². The van der Waals surface area contributed by atoms with Crippen molar-refractivity contribution in [3.8, 4) is 0 Å². The Labute approximate surface area is 120 Å². The van der Waals surface area contributed by atoms with E-state index < -0.39 is 5.60 Å². The van der Waals surface area contributed by atoms with Gasteiger partial charge in [0.25, 0.3) is 0 Å². The van der Waals surface area contributed by atoms with Crippen LogP contribution < -0.4 is 4.90 Å². The maximum absolute atomic E-state index is 12.1. The summed E-state index contributed by atoms with van der Waals surface area (Å²) in [4.78, 5) is 20.3. The van der Waals surface area contributed by atoms with Crippen LogP contribution in [0.3, 0.4) is 0 Å². The highest BCUT2D eigenvalue weighted by Crippen LogP contribution is 2.21. The first-order valence-electron chi connectivity index (χ1n) is 6.98. The number of rotatable bonds is 2. The largest absolute Gasteiger partial charge is 0.444 e. The van der Waals surface area contributed by atoms with Crippen LogP contribution in [0.2, 0.25) is 0 Å². The van der Waals surface area contributed by atoms with Crippen LogP contribution in [-0.2, 0) is 4.74 Å². The number of likely N-dealkylation sites (N-methyl/N-ethyl adjacent to an activating group) is 1. The Hall–Kier alpha value is -1.78. The van der Waals surface area contributed by atoms with E-state index in [2.05, 4.69) is 9.88 Å². The molecule has 0 saturated carbocycles. The summed E-state index contributed by atoms with van der Waals surface area (Å²) in [6.45, 7) is 7.36. The molecule has 1 aliphatic heterocycles. The van der Waals surface area contributed by atoms with E-state index in [0.29, 0.717) is 0 Å². The quantitative estimate of drug-likeness (QED) is 0.833. The zero-order chi connectivity index (χ0) is 14.8. The SMILES string of the molecule is CN(C(=O)OC(C)(C)C)[C@H]1CCN(c2ccccn2)C1. The topological polar surface area (TPSA) is 45.7 Å². The molecule has 5 nitrogen and oxygen atoms in total. The second-order valence-corrected chi connectivity index (χ2v) is 6.17. The van der Waals surface area contributed by atoms with Crippen LogP contribution in [0, 0.1) is 0 Å². The first-order chi connectivity index (χ1) is 9.37. The summed E-state index contributed by atoms with van der Waals surface area (Å²) in [6.07, 6.45) is 2.47. The highest BCUT2D eigenvalue weighted by Gasteiger charge is 2.31. The van der Waals surface area contributed by atoms with Gasteiger partial charge in [0.15, 0.2) is 0 Å². The monoisotopic (exact) mass is 277 g/mol. The average Bonchev–Trinajstić information content (AvgIpc) is 2.86. The number of carbonyl (C=O) groups is 1. The minimum atomic E-state index is -0.454. The molecule has 2 rings (SSSR count). The molecule has 0 radical (unpaired) electrons. The fourth-order valence-electron chi connectivity index (χ4n) is 2.29. The van der Waals surface area contributed by atoms with Crippen molar-refractivity contribution < 1.29 is 9.53 Å². The lowest BCUT2D eigenvalue weighted by Crippen LogP contribution is -2.42. The van der Waals surface area contributed by atoms with Gasteiger partial charge in [-0.05, 0) is 39.3 Å². The van der Waals surface area contributed by atoms with Crippen molar-refractivity contribution in [1.29, 1.82) is 0 Å². The predicted molar refractivity (Wildman–Crippen MR) is 78.9 cm³/mol. The summed E-state index contributed by atoms with van der Waals surface area (Å²) in [5.41, 5.74) is -0.454. The second-order valence-electron chi connectivity index (χ2n) is 6.17. The summed E-state index contributed by atoms with van der Waals surface area (Å²) in [5.74, 6) is 0.965. The van der Waals surface area contributed by atoms with E-state index in [-0.39, 0.29) is 12.1 Å². The molecule has 0 spiro atoms. The minimum absolute atomic E-state index is 0.173. The van der Waals surface area contributed by atoms with Crippen molar-refractivity contribution in [3.05, 3.63) is 24.4 Å². The maximum atomic E-state index is 12.1. The molecule has 0 unspecified atom stereocenters. The van der Waals surface area contributed by atoms with E-state index in [4.69, 9.17) is 4.74 Å². The van der Waals surface area contributed by atoms with Gasteiger partial charge in [0.05, 0.1) is 6.04 Å². The van der Waals surface area contributed by atoms with E-state index in [9.17, 15) is 4.79 Å². The van der Waals surface area contributed by atoms with Gasteiger partial charge in [-0.25, -0.2) is 9.78 Å². The van der Waals surface area contributed by atoms with E-state index >= 15 is 0 Å². The summed E-state index contributed by atoms with van der Waals surface area (Å²) >= 11 is 0. The number of hydrogen-bond acceptors (Lipinski definition) is 4. The van der Waals surface area contributed by atoms with Gasteiger partial charge in [0.1, 0.15) is 11.4 Å². The summed E-state index contributed by atoms with van der Waals surface area (Å²) in [5, 5.41) is 0. The minimum Gasteiger partial charge on any atom is -0.444 e. The number of nitrogens with zero attached hydrogens (tertiary/aromatic N) is 3. The van der Waals surface area contributed by atoms with Crippen LogP contribution in [0.1, 0.15) is 27.2 Å². The van der Waals surface area contributed by atoms with Crippen LogP contribution >= 0.6 is 0 Å². The van der Waals surface area contributed by atoms with Crippen LogP contribution in [-0.4, -0.2) is 47.8 Å². The zero-order valence-electron chi connectivity index (χ0n) is 12.7. The highest BCUT2D eigenvalue weighted by atomic mass is 16.6. The van der Waals surface area contributed by atoms with Gasteiger partial charge < -0.3 is 14.5 Å². The Morgan fingerprint density at radius 1 is 1.45 bits per heavy atom. The van der Waals surface area contributed by atoms with Crippen molar-refractivity contribution >= 4 is 11.9 Å². The molecular weight excluding hydrogens is 254 g/mol. The van der Waals surface area contributed by atoms with Gasteiger partial charge in [-0.3, -0.25) is 0 Å². The lowest BCUT2D eigenvalue weighted by atomic mass is 10.2. The lowest BCUT2D eigenvalue weighted by molar-refractivity contribution is 0.0238. The summed E-state index contributed by atoms with van der Waals surface area (Å²) in [6, 6.07) is 6.05. The second kappa shape index (κ2) is 5.69. The molecule has 20 heavy (non-hydrogen) atoms. The third kappa shape index (κ3) is 3.62. The third-order valence-electron chi connectivity index (χ3n) is 3.37. The van der Waals surface area contributed by atoms with Crippen molar-refractivity contribution in [2.24, 2.45) is 0 Å². The van der Waals surface area contributed by atoms with Crippen LogP contribution in [0.5, 0.6) is 0 Å².